The second kappa shape index (κ2) is 5.38. The summed E-state index contributed by atoms with van der Waals surface area (Å²) in [6.07, 6.45) is 5.66. The van der Waals surface area contributed by atoms with Gasteiger partial charge in [0.1, 0.15) is 0 Å². The first kappa shape index (κ1) is 12.2. The van der Waals surface area contributed by atoms with E-state index in [-0.39, 0.29) is 18.0 Å². The fourth-order valence-electron chi connectivity index (χ4n) is 2.37. The van der Waals surface area contributed by atoms with Crippen LogP contribution in [0.25, 0.3) is 0 Å². The standard InChI is InChI=1S/C12H20N2O3/c15-11(16)9-3-4-10(7-9)14-12(17)13-6-5-8-1-2-8/h8-10H,1-7H2,(H,15,16)(H2,13,14,17)/t9-,10+/m1/s1. The summed E-state index contributed by atoms with van der Waals surface area (Å²) in [6, 6.07) is -0.126. The summed E-state index contributed by atoms with van der Waals surface area (Å²) in [7, 11) is 0. The van der Waals surface area contributed by atoms with Crippen molar-refractivity contribution in [2.45, 2.75) is 44.6 Å². The molecule has 2 saturated carbocycles. The molecule has 0 heterocycles. The molecule has 0 spiro atoms. The second-order valence-corrected chi connectivity index (χ2v) is 5.18. The number of amides is 2. The van der Waals surface area contributed by atoms with Crippen molar-refractivity contribution in [2.75, 3.05) is 6.54 Å². The summed E-state index contributed by atoms with van der Waals surface area (Å²) < 4.78 is 0. The zero-order chi connectivity index (χ0) is 12.3. The van der Waals surface area contributed by atoms with Gasteiger partial charge in [-0.25, -0.2) is 4.79 Å². The Hall–Kier alpha value is -1.26. The molecule has 0 aromatic rings. The molecule has 0 aromatic carbocycles. The van der Waals surface area contributed by atoms with Gasteiger partial charge in [-0.3, -0.25) is 4.79 Å². The Balaban J connectivity index is 1.59. The molecular weight excluding hydrogens is 220 g/mol. The average molecular weight is 240 g/mol. The third-order valence-electron chi connectivity index (χ3n) is 3.65. The minimum atomic E-state index is -0.747. The first-order valence-corrected chi connectivity index (χ1v) is 6.42. The number of hydrogen-bond donors (Lipinski definition) is 3. The summed E-state index contributed by atoms with van der Waals surface area (Å²) >= 11 is 0. The smallest absolute Gasteiger partial charge is 0.315 e. The maximum Gasteiger partial charge on any atom is 0.315 e. The lowest BCUT2D eigenvalue weighted by atomic mass is 10.1. The van der Waals surface area contributed by atoms with E-state index < -0.39 is 5.97 Å². The van der Waals surface area contributed by atoms with Crippen LogP contribution in [0.1, 0.15) is 38.5 Å². The van der Waals surface area contributed by atoms with Crippen LogP contribution in [-0.4, -0.2) is 29.7 Å². The van der Waals surface area contributed by atoms with Crippen LogP contribution in [0.2, 0.25) is 0 Å². The van der Waals surface area contributed by atoms with Crippen LogP contribution in [0.4, 0.5) is 4.79 Å². The highest BCUT2D eigenvalue weighted by atomic mass is 16.4. The fourth-order valence-corrected chi connectivity index (χ4v) is 2.37. The maximum atomic E-state index is 11.5. The van der Waals surface area contributed by atoms with Gasteiger partial charge >= 0.3 is 12.0 Å². The Morgan fingerprint density at radius 1 is 1.18 bits per heavy atom. The summed E-state index contributed by atoms with van der Waals surface area (Å²) in [6.45, 7) is 0.728. The maximum absolute atomic E-state index is 11.5. The lowest BCUT2D eigenvalue weighted by molar-refractivity contribution is -0.141. The van der Waals surface area contributed by atoms with Crippen molar-refractivity contribution < 1.29 is 14.7 Å². The van der Waals surface area contributed by atoms with Crippen molar-refractivity contribution in [3.63, 3.8) is 0 Å². The number of nitrogens with one attached hydrogen (secondary N) is 2. The molecule has 0 aliphatic heterocycles. The van der Waals surface area contributed by atoms with Gasteiger partial charge in [0.15, 0.2) is 0 Å². The Bertz CT molecular complexity index is 302. The van der Waals surface area contributed by atoms with Crippen molar-refractivity contribution in [1.82, 2.24) is 10.6 Å². The largest absolute Gasteiger partial charge is 0.481 e. The third kappa shape index (κ3) is 3.91. The summed E-state index contributed by atoms with van der Waals surface area (Å²) in [4.78, 5) is 22.3. The van der Waals surface area contributed by atoms with Gasteiger partial charge in [0.25, 0.3) is 0 Å². The first-order chi connectivity index (χ1) is 8.15. The molecule has 0 saturated heterocycles. The van der Waals surface area contributed by atoms with E-state index in [0.29, 0.717) is 12.8 Å². The number of hydrogen-bond acceptors (Lipinski definition) is 2. The predicted molar refractivity (Wildman–Crippen MR) is 62.6 cm³/mol. The highest BCUT2D eigenvalue weighted by Crippen LogP contribution is 2.31. The van der Waals surface area contributed by atoms with Crippen molar-refractivity contribution in [3.05, 3.63) is 0 Å². The molecule has 5 heteroatoms. The molecule has 0 bridgehead atoms. The Morgan fingerprint density at radius 3 is 2.53 bits per heavy atom. The van der Waals surface area contributed by atoms with Gasteiger partial charge in [0, 0.05) is 12.6 Å². The SMILES string of the molecule is O=C(NCCC1CC1)N[C@H]1CC[C@@H](C(=O)O)C1. The summed E-state index contributed by atoms with van der Waals surface area (Å²) in [5.74, 6) is -0.214. The Labute approximate surface area is 101 Å². The van der Waals surface area contributed by atoms with E-state index in [9.17, 15) is 9.59 Å². The van der Waals surface area contributed by atoms with Gasteiger partial charge in [-0.05, 0) is 31.6 Å². The molecule has 3 N–H and O–H groups in total. The van der Waals surface area contributed by atoms with Gasteiger partial charge in [-0.15, -0.1) is 0 Å². The van der Waals surface area contributed by atoms with E-state index in [4.69, 9.17) is 5.11 Å². The lowest BCUT2D eigenvalue weighted by Crippen LogP contribution is -2.41. The fraction of sp³-hybridized carbons (Fsp3) is 0.833. The van der Waals surface area contributed by atoms with Crippen LogP contribution < -0.4 is 10.6 Å². The molecule has 2 aliphatic carbocycles. The normalized spacial score (nSPS) is 27.8. The highest BCUT2D eigenvalue weighted by Gasteiger charge is 2.30. The molecule has 0 unspecified atom stereocenters. The molecule has 0 aromatic heterocycles. The lowest BCUT2D eigenvalue weighted by Gasteiger charge is -2.13. The minimum Gasteiger partial charge on any atom is -0.481 e. The van der Waals surface area contributed by atoms with Crippen molar-refractivity contribution in [1.29, 1.82) is 0 Å². The van der Waals surface area contributed by atoms with E-state index in [1.165, 1.54) is 12.8 Å². The molecule has 0 radical (unpaired) electrons. The van der Waals surface area contributed by atoms with Gasteiger partial charge in [-0.1, -0.05) is 12.8 Å². The molecule has 17 heavy (non-hydrogen) atoms. The van der Waals surface area contributed by atoms with Gasteiger partial charge in [-0.2, -0.15) is 0 Å². The molecule has 2 aliphatic rings. The minimum absolute atomic E-state index is 0.0250. The third-order valence-corrected chi connectivity index (χ3v) is 3.65. The zero-order valence-electron chi connectivity index (χ0n) is 9.95. The van der Waals surface area contributed by atoms with Gasteiger partial charge < -0.3 is 15.7 Å². The zero-order valence-corrected chi connectivity index (χ0v) is 9.95. The topological polar surface area (TPSA) is 78.4 Å². The number of urea groups is 1. The first-order valence-electron chi connectivity index (χ1n) is 6.42. The van der Waals surface area contributed by atoms with Crippen molar-refractivity contribution in [2.24, 2.45) is 11.8 Å². The van der Waals surface area contributed by atoms with Crippen molar-refractivity contribution >= 4 is 12.0 Å². The molecular formula is C12H20N2O3. The summed E-state index contributed by atoms with van der Waals surface area (Å²) in [5.41, 5.74) is 0. The number of carboxylic acid groups (broad SMARTS) is 1. The van der Waals surface area contributed by atoms with Crippen LogP contribution in [0.15, 0.2) is 0 Å². The average Bonchev–Trinajstić information content (AvgIpc) is 2.96. The molecule has 2 rings (SSSR count). The quantitative estimate of drug-likeness (QED) is 0.678. The number of carbonyl (C=O) groups is 2. The number of aliphatic carboxylic acids is 1. The van der Waals surface area contributed by atoms with E-state index in [2.05, 4.69) is 10.6 Å². The van der Waals surface area contributed by atoms with E-state index >= 15 is 0 Å². The second-order valence-electron chi connectivity index (χ2n) is 5.18. The predicted octanol–water partition coefficient (Wildman–Crippen LogP) is 1.34. The Morgan fingerprint density at radius 2 is 1.94 bits per heavy atom. The molecule has 2 fully saturated rings. The molecule has 96 valence electrons. The van der Waals surface area contributed by atoms with Crippen LogP contribution in [0, 0.1) is 11.8 Å². The van der Waals surface area contributed by atoms with Crippen molar-refractivity contribution in [3.8, 4) is 0 Å². The van der Waals surface area contributed by atoms with Crippen LogP contribution in [0.3, 0.4) is 0 Å². The van der Waals surface area contributed by atoms with E-state index in [0.717, 1.165) is 25.3 Å². The van der Waals surface area contributed by atoms with E-state index in [1.54, 1.807) is 0 Å². The van der Waals surface area contributed by atoms with Crippen LogP contribution in [0.5, 0.6) is 0 Å². The van der Waals surface area contributed by atoms with Crippen LogP contribution in [-0.2, 0) is 4.79 Å². The van der Waals surface area contributed by atoms with Gasteiger partial charge in [0.2, 0.25) is 0 Å². The van der Waals surface area contributed by atoms with E-state index in [1.807, 2.05) is 0 Å². The summed E-state index contributed by atoms with van der Waals surface area (Å²) in [5, 5.41) is 14.5. The monoisotopic (exact) mass is 240 g/mol. The molecule has 2 amide bonds. The Kier molecular flexibility index (Phi) is 3.86. The van der Waals surface area contributed by atoms with Crippen LogP contribution >= 0.6 is 0 Å². The highest BCUT2D eigenvalue weighted by molar-refractivity contribution is 5.75. The van der Waals surface area contributed by atoms with Gasteiger partial charge in [0.05, 0.1) is 5.92 Å². The number of carboxylic acids is 1. The molecule has 5 nitrogen and oxygen atoms in total. The number of rotatable bonds is 5. The number of carbonyl (C=O) groups excluding carboxylic acids is 1. The molecule has 2 atom stereocenters.